The lowest BCUT2D eigenvalue weighted by Gasteiger charge is -2.43. The van der Waals surface area contributed by atoms with E-state index in [0.717, 1.165) is 31.7 Å². The summed E-state index contributed by atoms with van der Waals surface area (Å²) in [6.45, 7) is 10.7. The molecule has 0 aliphatic carbocycles. The Hall–Kier alpha value is 0.230. The highest BCUT2D eigenvalue weighted by Gasteiger charge is 2.35. The zero-order valence-electron chi connectivity index (χ0n) is 12.5. The molecule has 0 amide bonds. The summed E-state index contributed by atoms with van der Waals surface area (Å²) in [5, 5.41) is 4.70. The average Bonchev–Trinajstić information content (AvgIpc) is 2.33. The molecule has 1 N–H and O–H groups in total. The van der Waals surface area contributed by atoms with E-state index in [1.54, 1.807) is 12.4 Å². The van der Waals surface area contributed by atoms with E-state index in [1.807, 2.05) is 0 Å². The van der Waals surface area contributed by atoms with Crippen LogP contribution in [0.5, 0.6) is 0 Å². The number of halogens is 4. The number of hydrogen-bond donors (Lipinski definition) is 1. The highest BCUT2D eigenvalue weighted by atomic mass is 35.5. The minimum absolute atomic E-state index is 0. The first kappa shape index (κ1) is 21.2. The van der Waals surface area contributed by atoms with Crippen molar-refractivity contribution in [1.82, 2.24) is 15.2 Å². The molecule has 1 fully saturated rings. The molecule has 1 aromatic heterocycles. The number of aromatic nitrogens is 1. The van der Waals surface area contributed by atoms with Crippen LogP contribution in [0.25, 0.3) is 0 Å². The largest absolute Gasteiger partial charge is 0.314 e. The van der Waals surface area contributed by atoms with Crippen LogP contribution in [0.2, 0.25) is 10.0 Å². The molecule has 0 radical (unpaired) electrons. The lowest BCUT2D eigenvalue weighted by molar-refractivity contribution is 0.0863. The lowest BCUT2D eigenvalue weighted by Crippen LogP contribution is -2.48. The Labute approximate surface area is 149 Å². The van der Waals surface area contributed by atoms with Gasteiger partial charge in [0.15, 0.2) is 0 Å². The van der Waals surface area contributed by atoms with Crippen molar-refractivity contribution in [3.63, 3.8) is 0 Å². The van der Waals surface area contributed by atoms with Gasteiger partial charge in [0.1, 0.15) is 0 Å². The zero-order chi connectivity index (χ0) is 14.0. The standard InChI is InChI=1S/C14H21Cl2N3.2ClH/c1-14(2,3)13(19-6-4-17-5-7-19)12-10(15)8-18-9-11(12)16;;/h8-9,13,17H,4-7H2,1-3H3;2*1H/t13-;;/m0../s1. The average molecular weight is 375 g/mol. The van der Waals surface area contributed by atoms with Crippen molar-refractivity contribution in [2.24, 2.45) is 5.41 Å². The SMILES string of the molecule is CC(C)(C)[C@H](c1c(Cl)cncc1Cl)N1CCNCC1.Cl.Cl. The van der Waals surface area contributed by atoms with E-state index >= 15 is 0 Å². The van der Waals surface area contributed by atoms with Crippen LogP contribution in [-0.2, 0) is 0 Å². The van der Waals surface area contributed by atoms with E-state index < -0.39 is 0 Å². The lowest BCUT2D eigenvalue weighted by atomic mass is 9.81. The van der Waals surface area contributed by atoms with Crippen LogP contribution in [0, 0.1) is 5.41 Å². The number of rotatable bonds is 2. The summed E-state index contributed by atoms with van der Waals surface area (Å²) in [5.74, 6) is 0. The summed E-state index contributed by atoms with van der Waals surface area (Å²) in [6.07, 6.45) is 3.37. The molecular weight excluding hydrogens is 352 g/mol. The third kappa shape index (κ3) is 5.12. The Kier molecular flexibility index (Phi) is 8.85. The molecule has 1 atom stereocenters. The fourth-order valence-electron chi connectivity index (χ4n) is 2.79. The monoisotopic (exact) mass is 373 g/mol. The van der Waals surface area contributed by atoms with Crippen LogP contribution >= 0.6 is 48.0 Å². The van der Waals surface area contributed by atoms with Crippen LogP contribution in [0.4, 0.5) is 0 Å². The normalized spacial score (nSPS) is 17.6. The first-order valence-corrected chi connectivity index (χ1v) is 7.40. The molecule has 0 bridgehead atoms. The molecule has 0 saturated carbocycles. The quantitative estimate of drug-likeness (QED) is 0.839. The Morgan fingerprint density at radius 3 is 2.00 bits per heavy atom. The van der Waals surface area contributed by atoms with Gasteiger partial charge in [-0.15, -0.1) is 24.8 Å². The molecule has 0 unspecified atom stereocenters. The fourth-order valence-corrected chi connectivity index (χ4v) is 3.36. The van der Waals surface area contributed by atoms with Crippen molar-refractivity contribution in [3.05, 3.63) is 28.0 Å². The number of nitrogens with one attached hydrogen (secondary N) is 1. The maximum atomic E-state index is 6.36. The molecule has 2 heterocycles. The molecule has 0 aromatic carbocycles. The van der Waals surface area contributed by atoms with E-state index in [9.17, 15) is 0 Å². The summed E-state index contributed by atoms with van der Waals surface area (Å²) >= 11 is 12.7. The third-order valence-corrected chi connectivity index (χ3v) is 4.10. The van der Waals surface area contributed by atoms with Crippen LogP contribution in [0.3, 0.4) is 0 Å². The highest BCUT2D eigenvalue weighted by molar-refractivity contribution is 6.35. The van der Waals surface area contributed by atoms with Crippen LogP contribution < -0.4 is 5.32 Å². The summed E-state index contributed by atoms with van der Waals surface area (Å²) < 4.78 is 0. The van der Waals surface area contributed by atoms with Gasteiger partial charge >= 0.3 is 0 Å². The Balaban J connectivity index is 0.00000200. The van der Waals surface area contributed by atoms with Crippen molar-refractivity contribution < 1.29 is 0 Å². The predicted molar refractivity (Wildman–Crippen MR) is 95.4 cm³/mol. The fraction of sp³-hybridized carbons (Fsp3) is 0.643. The van der Waals surface area contributed by atoms with E-state index in [-0.39, 0.29) is 36.3 Å². The second kappa shape index (κ2) is 8.76. The van der Waals surface area contributed by atoms with Crippen LogP contribution in [0.1, 0.15) is 32.4 Å². The molecule has 1 aliphatic heterocycles. The van der Waals surface area contributed by atoms with Gasteiger partial charge in [-0.2, -0.15) is 0 Å². The van der Waals surface area contributed by atoms with Gasteiger partial charge in [0, 0.05) is 50.2 Å². The molecular formula is C14H23Cl4N3. The van der Waals surface area contributed by atoms with E-state index in [2.05, 4.69) is 36.0 Å². The van der Waals surface area contributed by atoms with Gasteiger partial charge in [0.05, 0.1) is 10.0 Å². The van der Waals surface area contributed by atoms with Crippen molar-refractivity contribution in [1.29, 1.82) is 0 Å². The Bertz CT molecular complexity index is 422. The number of piperazine rings is 1. The predicted octanol–water partition coefficient (Wildman–Crippen LogP) is 4.22. The Morgan fingerprint density at radius 2 is 1.57 bits per heavy atom. The van der Waals surface area contributed by atoms with Gasteiger partial charge in [-0.25, -0.2) is 0 Å². The van der Waals surface area contributed by atoms with Gasteiger partial charge in [-0.3, -0.25) is 9.88 Å². The molecule has 0 spiro atoms. The van der Waals surface area contributed by atoms with E-state index in [4.69, 9.17) is 23.2 Å². The minimum Gasteiger partial charge on any atom is -0.314 e. The first-order valence-electron chi connectivity index (χ1n) is 6.65. The minimum atomic E-state index is 0. The number of hydrogen-bond acceptors (Lipinski definition) is 3. The smallest absolute Gasteiger partial charge is 0.0652 e. The summed E-state index contributed by atoms with van der Waals surface area (Å²) in [6, 6.07) is 0.206. The Morgan fingerprint density at radius 1 is 1.10 bits per heavy atom. The van der Waals surface area contributed by atoms with Crippen LogP contribution in [-0.4, -0.2) is 36.1 Å². The van der Waals surface area contributed by atoms with Gasteiger partial charge in [0.25, 0.3) is 0 Å². The third-order valence-electron chi connectivity index (χ3n) is 3.50. The van der Waals surface area contributed by atoms with Gasteiger partial charge < -0.3 is 5.32 Å². The maximum absolute atomic E-state index is 6.36. The molecule has 3 nitrogen and oxygen atoms in total. The van der Waals surface area contributed by atoms with Crippen molar-refractivity contribution >= 4 is 48.0 Å². The summed E-state index contributed by atoms with van der Waals surface area (Å²) in [5.41, 5.74) is 1.07. The molecule has 1 saturated heterocycles. The highest BCUT2D eigenvalue weighted by Crippen LogP contribution is 2.43. The van der Waals surface area contributed by atoms with Crippen LogP contribution in [0.15, 0.2) is 12.4 Å². The van der Waals surface area contributed by atoms with Gasteiger partial charge in [-0.1, -0.05) is 44.0 Å². The molecule has 1 aromatic rings. The number of pyridine rings is 1. The van der Waals surface area contributed by atoms with Crippen molar-refractivity contribution in [2.45, 2.75) is 26.8 Å². The molecule has 2 rings (SSSR count). The van der Waals surface area contributed by atoms with E-state index in [0.29, 0.717) is 10.0 Å². The summed E-state index contributed by atoms with van der Waals surface area (Å²) in [4.78, 5) is 6.52. The molecule has 7 heteroatoms. The molecule has 122 valence electrons. The molecule has 1 aliphatic rings. The maximum Gasteiger partial charge on any atom is 0.0652 e. The van der Waals surface area contributed by atoms with Crippen molar-refractivity contribution in [2.75, 3.05) is 26.2 Å². The first-order chi connectivity index (χ1) is 8.91. The van der Waals surface area contributed by atoms with Crippen molar-refractivity contribution in [3.8, 4) is 0 Å². The second-order valence-electron chi connectivity index (χ2n) is 6.07. The molecule has 21 heavy (non-hydrogen) atoms. The van der Waals surface area contributed by atoms with Gasteiger partial charge in [-0.05, 0) is 5.41 Å². The van der Waals surface area contributed by atoms with E-state index in [1.165, 1.54) is 0 Å². The summed E-state index contributed by atoms with van der Waals surface area (Å²) in [7, 11) is 0. The van der Waals surface area contributed by atoms with Gasteiger partial charge in [0.2, 0.25) is 0 Å². The number of nitrogens with zero attached hydrogens (tertiary/aromatic N) is 2. The zero-order valence-corrected chi connectivity index (χ0v) is 15.7. The topological polar surface area (TPSA) is 28.2 Å². The second-order valence-corrected chi connectivity index (χ2v) is 6.89.